The van der Waals surface area contributed by atoms with Crippen molar-refractivity contribution in [1.29, 1.82) is 0 Å². The molecule has 1 fully saturated rings. The van der Waals surface area contributed by atoms with Crippen molar-refractivity contribution < 1.29 is 14.3 Å². The molecule has 1 aromatic carbocycles. The number of morpholine rings is 1. The van der Waals surface area contributed by atoms with Crippen LogP contribution in [0, 0.1) is 13.8 Å². The van der Waals surface area contributed by atoms with Gasteiger partial charge in [-0.2, -0.15) is 0 Å². The normalized spacial score (nSPS) is 19.2. The van der Waals surface area contributed by atoms with E-state index in [4.69, 9.17) is 4.74 Å². The number of Topliss-reactive ketones (excluding diaryl/α,β-unsaturated/α-hetero) is 1. The highest BCUT2D eigenvalue weighted by molar-refractivity contribution is 6.52. The number of ether oxygens (including phenoxy) is 1. The topological polar surface area (TPSA) is 49.9 Å². The van der Waals surface area contributed by atoms with E-state index in [1.807, 2.05) is 26.0 Å². The number of carbonyl (C=O) groups excluding carboxylic acids is 2. The van der Waals surface area contributed by atoms with Crippen LogP contribution < -0.4 is 4.90 Å². The van der Waals surface area contributed by atoms with Gasteiger partial charge in [0.2, 0.25) is 0 Å². The molecule has 0 aromatic heterocycles. The average Bonchev–Trinajstić information content (AvgIpc) is 2.75. The van der Waals surface area contributed by atoms with Gasteiger partial charge in [-0.25, -0.2) is 0 Å². The fourth-order valence-corrected chi connectivity index (χ4v) is 3.04. The fraction of sp³-hybridized carbons (Fsp3) is 0.500. The summed E-state index contributed by atoms with van der Waals surface area (Å²) in [6.07, 6.45) is 0. The van der Waals surface area contributed by atoms with Gasteiger partial charge < -0.3 is 9.64 Å². The molecule has 2 aliphatic heterocycles. The molecule has 2 aliphatic rings. The van der Waals surface area contributed by atoms with Gasteiger partial charge in [0.25, 0.3) is 11.7 Å². The summed E-state index contributed by atoms with van der Waals surface area (Å²) in [7, 11) is 0. The first-order valence-electron chi connectivity index (χ1n) is 7.36. The summed E-state index contributed by atoms with van der Waals surface area (Å²) in [6.45, 7) is 8.41. The Bertz CT molecular complexity index is 591. The lowest BCUT2D eigenvalue weighted by Crippen LogP contribution is -2.42. The van der Waals surface area contributed by atoms with Crippen LogP contribution in [0.2, 0.25) is 0 Å². The zero-order valence-electron chi connectivity index (χ0n) is 12.5. The molecule has 5 nitrogen and oxygen atoms in total. The third kappa shape index (κ3) is 2.47. The predicted molar refractivity (Wildman–Crippen MR) is 79.9 cm³/mol. The van der Waals surface area contributed by atoms with Crippen molar-refractivity contribution in [3.05, 3.63) is 28.8 Å². The van der Waals surface area contributed by atoms with Gasteiger partial charge in [-0.05, 0) is 25.0 Å². The van der Waals surface area contributed by atoms with E-state index in [1.54, 1.807) is 4.90 Å². The highest BCUT2D eigenvalue weighted by Crippen LogP contribution is 2.34. The molecule has 0 atom stereocenters. The Morgan fingerprint density at radius 2 is 1.71 bits per heavy atom. The van der Waals surface area contributed by atoms with Crippen molar-refractivity contribution in [3.8, 4) is 0 Å². The first-order chi connectivity index (χ1) is 10.1. The Balaban J connectivity index is 1.82. The van der Waals surface area contributed by atoms with E-state index < -0.39 is 5.91 Å². The van der Waals surface area contributed by atoms with E-state index in [0.29, 0.717) is 12.1 Å². The number of benzene rings is 1. The summed E-state index contributed by atoms with van der Waals surface area (Å²) in [4.78, 5) is 28.4. The van der Waals surface area contributed by atoms with Crippen LogP contribution in [0.5, 0.6) is 0 Å². The van der Waals surface area contributed by atoms with E-state index in [1.165, 1.54) is 0 Å². The number of amides is 1. The molecular formula is C16H20N2O3. The number of carbonyl (C=O) groups is 2. The van der Waals surface area contributed by atoms with Crippen LogP contribution in [0.4, 0.5) is 5.69 Å². The molecule has 112 valence electrons. The monoisotopic (exact) mass is 288 g/mol. The van der Waals surface area contributed by atoms with E-state index in [2.05, 4.69) is 4.90 Å². The first-order valence-corrected chi connectivity index (χ1v) is 7.36. The van der Waals surface area contributed by atoms with Crippen molar-refractivity contribution in [2.24, 2.45) is 0 Å². The van der Waals surface area contributed by atoms with Crippen LogP contribution in [0.3, 0.4) is 0 Å². The number of rotatable bonds is 3. The molecule has 2 heterocycles. The summed E-state index contributed by atoms with van der Waals surface area (Å²) >= 11 is 0. The minimum Gasteiger partial charge on any atom is -0.379 e. The van der Waals surface area contributed by atoms with E-state index in [9.17, 15) is 9.59 Å². The highest BCUT2D eigenvalue weighted by atomic mass is 16.5. The molecular weight excluding hydrogens is 268 g/mol. The highest BCUT2D eigenvalue weighted by Gasteiger charge is 2.38. The molecule has 0 bridgehead atoms. The molecule has 1 amide bonds. The second-order valence-corrected chi connectivity index (χ2v) is 5.66. The van der Waals surface area contributed by atoms with Crippen LogP contribution in [-0.4, -0.2) is 56.0 Å². The Morgan fingerprint density at radius 3 is 2.43 bits per heavy atom. The van der Waals surface area contributed by atoms with Gasteiger partial charge in [-0.1, -0.05) is 12.1 Å². The number of aryl methyl sites for hydroxylation is 2. The van der Waals surface area contributed by atoms with Crippen molar-refractivity contribution in [1.82, 2.24) is 4.90 Å². The third-order valence-corrected chi connectivity index (χ3v) is 4.27. The molecule has 0 aliphatic carbocycles. The maximum absolute atomic E-state index is 12.3. The number of hydrogen-bond acceptors (Lipinski definition) is 4. The second-order valence-electron chi connectivity index (χ2n) is 5.66. The molecule has 0 saturated carbocycles. The lowest BCUT2D eigenvalue weighted by Gasteiger charge is -2.28. The second kappa shape index (κ2) is 5.58. The third-order valence-electron chi connectivity index (χ3n) is 4.27. The lowest BCUT2D eigenvalue weighted by molar-refractivity contribution is -0.114. The molecule has 21 heavy (non-hydrogen) atoms. The minimum atomic E-state index is -0.393. The molecule has 3 rings (SSSR count). The van der Waals surface area contributed by atoms with Crippen LogP contribution >= 0.6 is 0 Å². The lowest BCUT2D eigenvalue weighted by atomic mass is 10.0. The zero-order chi connectivity index (χ0) is 15.0. The Hall–Kier alpha value is -1.72. The van der Waals surface area contributed by atoms with Gasteiger partial charge in [0.15, 0.2) is 0 Å². The summed E-state index contributed by atoms with van der Waals surface area (Å²) in [5, 5.41) is 0. The van der Waals surface area contributed by atoms with Crippen LogP contribution in [0.1, 0.15) is 21.5 Å². The number of hydrogen-bond donors (Lipinski definition) is 0. The zero-order valence-corrected chi connectivity index (χ0v) is 12.5. The van der Waals surface area contributed by atoms with Crippen molar-refractivity contribution >= 4 is 17.4 Å². The van der Waals surface area contributed by atoms with E-state index >= 15 is 0 Å². The molecule has 5 heteroatoms. The number of ketones is 1. The van der Waals surface area contributed by atoms with Crippen molar-refractivity contribution in [2.45, 2.75) is 13.8 Å². The van der Waals surface area contributed by atoms with Gasteiger partial charge in [0.05, 0.1) is 24.5 Å². The Morgan fingerprint density at radius 1 is 1.05 bits per heavy atom. The van der Waals surface area contributed by atoms with Crippen LogP contribution in [0.15, 0.2) is 12.1 Å². The SMILES string of the molecule is Cc1ccc(C)c2c1C(=O)C(=O)N2CCN1CCOCC1. The molecule has 1 aromatic rings. The maximum Gasteiger partial charge on any atom is 0.299 e. The first kappa shape index (κ1) is 14.2. The Labute approximate surface area is 124 Å². The van der Waals surface area contributed by atoms with Crippen LogP contribution in [-0.2, 0) is 9.53 Å². The largest absolute Gasteiger partial charge is 0.379 e. The maximum atomic E-state index is 12.3. The van der Waals surface area contributed by atoms with E-state index in [-0.39, 0.29) is 5.78 Å². The standard InChI is InChI=1S/C16H20N2O3/c1-11-3-4-12(2)14-13(11)15(19)16(20)18(14)6-5-17-7-9-21-10-8-17/h3-4H,5-10H2,1-2H3. The summed E-state index contributed by atoms with van der Waals surface area (Å²) in [6, 6.07) is 3.88. The fourth-order valence-electron chi connectivity index (χ4n) is 3.04. The quantitative estimate of drug-likeness (QED) is 0.783. The molecule has 0 radical (unpaired) electrons. The van der Waals surface area contributed by atoms with E-state index in [0.717, 1.165) is 49.7 Å². The summed E-state index contributed by atoms with van der Waals surface area (Å²) < 4.78 is 5.32. The smallest absolute Gasteiger partial charge is 0.299 e. The molecule has 0 spiro atoms. The van der Waals surface area contributed by atoms with Gasteiger partial charge in [-0.3, -0.25) is 14.5 Å². The van der Waals surface area contributed by atoms with Gasteiger partial charge in [0.1, 0.15) is 0 Å². The van der Waals surface area contributed by atoms with Crippen LogP contribution in [0.25, 0.3) is 0 Å². The molecule has 0 N–H and O–H groups in total. The predicted octanol–water partition coefficient (Wildman–Crippen LogP) is 1.16. The van der Waals surface area contributed by atoms with Gasteiger partial charge in [0, 0.05) is 26.2 Å². The Kier molecular flexibility index (Phi) is 3.78. The number of anilines is 1. The summed E-state index contributed by atoms with van der Waals surface area (Å²) in [5.74, 6) is -0.760. The minimum absolute atomic E-state index is 0.367. The summed E-state index contributed by atoms with van der Waals surface area (Å²) in [5.41, 5.74) is 3.25. The van der Waals surface area contributed by atoms with Crippen molar-refractivity contribution in [2.75, 3.05) is 44.3 Å². The number of nitrogens with zero attached hydrogens (tertiary/aromatic N) is 2. The van der Waals surface area contributed by atoms with Gasteiger partial charge >= 0.3 is 0 Å². The van der Waals surface area contributed by atoms with Crippen molar-refractivity contribution in [3.63, 3.8) is 0 Å². The number of fused-ring (bicyclic) bond motifs is 1. The van der Waals surface area contributed by atoms with Gasteiger partial charge in [-0.15, -0.1) is 0 Å². The molecule has 1 saturated heterocycles. The molecule has 0 unspecified atom stereocenters. The average molecular weight is 288 g/mol.